The van der Waals surface area contributed by atoms with Crippen molar-refractivity contribution in [2.45, 2.75) is 30.9 Å². The van der Waals surface area contributed by atoms with Crippen LogP contribution in [0.4, 0.5) is 5.69 Å². The van der Waals surface area contributed by atoms with Crippen LogP contribution in [0.15, 0.2) is 47.4 Å². The monoisotopic (exact) mass is 432 g/mol. The van der Waals surface area contributed by atoms with Gasteiger partial charge in [-0.15, -0.1) is 0 Å². The van der Waals surface area contributed by atoms with Crippen LogP contribution in [0.5, 0.6) is 0 Å². The molecule has 10 heteroatoms. The molecule has 2 aromatic rings. The molecule has 1 atom stereocenters. The number of hydrogen-bond donors (Lipinski definition) is 0. The molecule has 0 aromatic heterocycles. The van der Waals surface area contributed by atoms with Crippen molar-refractivity contribution in [3.63, 3.8) is 0 Å². The lowest BCUT2D eigenvalue weighted by Gasteiger charge is -2.30. The molecular weight excluding hydrogens is 412 g/mol. The van der Waals surface area contributed by atoms with Crippen molar-refractivity contribution < 1.29 is 27.7 Å². The Morgan fingerprint density at radius 3 is 2.47 bits per heavy atom. The Balaban J connectivity index is 1.73. The number of amides is 1. The summed E-state index contributed by atoms with van der Waals surface area (Å²) in [4.78, 5) is 36.5. The molecular formula is C20H20N2O7S. The molecule has 1 heterocycles. The smallest absolute Gasteiger partial charge is 0.339 e. The van der Waals surface area contributed by atoms with Gasteiger partial charge in [-0.05, 0) is 36.6 Å². The topological polar surface area (TPSA) is 124 Å². The van der Waals surface area contributed by atoms with Crippen LogP contribution in [-0.2, 0) is 32.3 Å². The molecule has 0 N–H and O–H groups in total. The molecule has 1 unspecified atom stereocenters. The minimum absolute atomic E-state index is 0.210. The van der Waals surface area contributed by atoms with Crippen LogP contribution in [0.1, 0.15) is 28.4 Å². The molecule has 0 fully saturated rings. The Morgan fingerprint density at radius 1 is 1.17 bits per heavy atom. The van der Waals surface area contributed by atoms with Crippen molar-refractivity contribution in [2.75, 3.05) is 12.8 Å². The van der Waals surface area contributed by atoms with Gasteiger partial charge >= 0.3 is 5.97 Å². The maximum absolute atomic E-state index is 12.7. The number of hydrogen-bond acceptors (Lipinski definition) is 7. The predicted molar refractivity (Wildman–Crippen MR) is 107 cm³/mol. The van der Waals surface area contributed by atoms with E-state index < -0.39 is 37.4 Å². The van der Waals surface area contributed by atoms with E-state index in [9.17, 15) is 28.1 Å². The first kappa shape index (κ1) is 21.4. The molecule has 1 aliphatic rings. The third kappa shape index (κ3) is 4.48. The van der Waals surface area contributed by atoms with Crippen molar-refractivity contribution >= 4 is 27.4 Å². The van der Waals surface area contributed by atoms with E-state index in [2.05, 4.69) is 0 Å². The molecule has 3 rings (SSSR count). The van der Waals surface area contributed by atoms with Crippen molar-refractivity contribution in [1.82, 2.24) is 4.90 Å². The van der Waals surface area contributed by atoms with E-state index in [4.69, 9.17) is 4.74 Å². The van der Waals surface area contributed by atoms with Gasteiger partial charge in [0.2, 0.25) is 0 Å². The van der Waals surface area contributed by atoms with Crippen LogP contribution in [0, 0.1) is 10.1 Å². The molecule has 2 aromatic carbocycles. The van der Waals surface area contributed by atoms with Crippen LogP contribution in [0.3, 0.4) is 0 Å². The van der Waals surface area contributed by atoms with Gasteiger partial charge in [-0.2, -0.15) is 0 Å². The second-order valence-corrected chi connectivity index (χ2v) is 9.02. The standard InChI is InChI=1S/C20H20N2O7S/c1-13(19(23)21-10-9-14-5-3-4-6-16(14)12-21)29-20(24)15-7-8-18(30(2,27)28)17(11-15)22(25)26/h3-8,11,13H,9-10,12H2,1-2H3. The van der Waals surface area contributed by atoms with Crippen molar-refractivity contribution in [3.05, 3.63) is 69.3 Å². The highest BCUT2D eigenvalue weighted by Gasteiger charge is 2.29. The molecule has 0 bridgehead atoms. The summed E-state index contributed by atoms with van der Waals surface area (Å²) in [6.45, 7) is 2.33. The van der Waals surface area contributed by atoms with Gasteiger partial charge in [0.15, 0.2) is 15.9 Å². The summed E-state index contributed by atoms with van der Waals surface area (Å²) in [5.41, 5.74) is 1.27. The van der Waals surface area contributed by atoms with Crippen molar-refractivity contribution in [2.24, 2.45) is 0 Å². The molecule has 0 aliphatic carbocycles. The van der Waals surface area contributed by atoms with Crippen molar-refractivity contribution in [3.8, 4) is 0 Å². The van der Waals surface area contributed by atoms with Gasteiger partial charge in [-0.25, -0.2) is 13.2 Å². The second-order valence-electron chi connectivity index (χ2n) is 7.04. The Labute approximate surface area is 173 Å². The summed E-state index contributed by atoms with van der Waals surface area (Å²) >= 11 is 0. The molecule has 0 saturated heterocycles. The summed E-state index contributed by atoms with van der Waals surface area (Å²) in [6, 6.07) is 10.7. The Hall–Kier alpha value is -3.27. The van der Waals surface area contributed by atoms with Crippen molar-refractivity contribution in [1.29, 1.82) is 0 Å². The first-order valence-electron chi connectivity index (χ1n) is 9.13. The summed E-state index contributed by atoms with van der Waals surface area (Å²) in [6.07, 6.45) is 0.434. The zero-order valence-corrected chi connectivity index (χ0v) is 17.2. The number of sulfone groups is 1. The maximum atomic E-state index is 12.7. The van der Waals surface area contributed by atoms with Crippen LogP contribution in [0.2, 0.25) is 0 Å². The number of rotatable bonds is 5. The SMILES string of the molecule is CC(OC(=O)c1ccc(S(C)(=O)=O)c([N+](=O)[O-])c1)C(=O)N1CCc2ccccc2C1. The highest BCUT2D eigenvalue weighted by Crippen LogP contribution is 2.26. The highest BCUT2D eigenvalue weighted by atomic mass is 32.2. The fraction of sp³-hybridized carbons (Fsp3) is 0.300. The summed E-state index contributed by atoms with van der Waals surface area (Å²) in [5, 5.41) is 11.2. The van der Waals surface area contributed by atoms with E-state index in [0.29, 0.717) is 19.5 Å². The number of nitrogens with zero attached hydrogens (tertiary/aromatic N) is 2. The van der Waals surface area contributed by atoms with E-state index in [1.807, 2.05) is 24.3 Å². The van der Waals surface area contributed by atoms with Gasteiger partial charge in [0.25, 0.3) is 11.6 Å². The van der Waals surface area contributed by atoms with Gasteiger partial charge in [0.1, 0.15) is 4.90 Å². The molecule has 0 spiro atoms. The number of nitro benzene ring substituents is 1. The molecule has 1 aliphatic heterocycles. The number of fused-ring (bicyclic) bond motifs is 1. The second kappa shape index (κ2) is 8.23. The first-order valence-corrected chi connectivity index (χ1v) is 11.0. The quantitative estimate of drug-likeness (QED) is 0.403. The summed E-state index contributed by atoms with van der Waals surface area (Å²) in [7, 11) is -3.85. The number of carbonyl (C=O) groups is 2. The van der Waals surface area contributed by atoms with E-state index >= 15 is 0 Å². The normalized spacial score (nSPS) is 14.5. The zero-order valence-electron chi connectivity index (χ0n) is 16.4. The number of carbonyl (C=O) groups excluding carboxylic acids is 2. The third-order valence-electron chi connectivity index (χ3n) is 4.86. The molecule has 158 valence electrons. The number of benzene rings is 2. The van der Waals surface area contributed by atoms with E-state index in [1.54, 1.807) is 4.90 Å². The molecule has 0 saturated carbocycles. The Morgan fingerprint density at radius 2 is 1.83 bits per heavy atom. The van der Waals surface area contributed by atoms with Crippen LogP contribution in [0.25, 0.3) is 0 Å². The molecule has 30 heavy (non-hydrogen) atoms. The molecule has 9 nitrogen and oxygen atoms in total. The van der Waals surface area contributed by atoms with Gasteiger partial charge in [0.05, 0.1) is 10.5 Å². The van der Waals surface area contributed by atoms with Crippen LogP contribution < -0.4 is 0 Å². The molecule has 0 radical (unpaired) electrons. The maximum Gasteiger partial charge on any atom is 0.339 e. The lowest BCUT2D eigenvalue weighted by atomic mass is 9.99. The van der Waals surface area contributed by atoms with Gasteiger partial charge in [0, 0.05) is 25.4 Å². The minimum Gasteiger partial charge on any atom is -0.449 e. The summed E-state index contributed by atoms with van der Waals surface area (Å²) in [5.74, 6) is -1.32. The average molecular weight is 432 g/mol. The first-order chi connectivity index (χ1) is 14.1. The Kier molecular flexibility index (Phi) is 5.88. The Bertz CT molecular complexity index is 1130. The zero-order chi connectivity index (χ0) is 22.1. The average Bonchev–Trinajstić information content (AvgIpc) is 2.71. The number of ether oxygens (including phenoxy) is 1. The fourth-order valence-electron chi connectivity index (χ4n) is 3.32. The van der Waals surface area contributed by atoms with E-state index in [-0.39, 0.29) is 11.5 Å². The number of esters is 1. The van der Waals surface area contributed by atoms with E-state index in [0.717, 1.165) is 30.0 Å². The largest absolute Gasteiger partial charge is 0.449 e. The lowest BCUT2D eigenvalue weighted by Crippen LogP contribution is -2.42. The minimum atomic E-state index is -3.85. The highest BCUT2D eigenvalue weighted by molar-refractivity contribution is 7.90. The lowest BCUT2D eigenvalue weighted by molar-refractivity contribution is -0.387. The van der Waals surface area contributed by atoms with Gasteiger partial charge in [-0.3, -0.25) is 14.9 Å². The third-order valence-corrected chi connectivity index (χ3v) is 6.01. The van der Waals surface area contributed by atoms with Gasteiger partial charge in [-0.1, -0.05) is 24.3 Å². The predicted octanol–water partition coefficient (Wildman–Crippen LogP) is 2.13. The number of nitro groups is 1. The summed E-state index contributed by atoms with van der Waals surface area (Å²) < 4.78 is 28.6. The fourth-order valence-corrected chi connectivity index (χ4v) is 4.15. The van der Waals surface area contributed by atoms with Gasteiger partial charge < -0.3 is 9.64 Å². The van der Waals surface area contributed by atoms with Crippen LogP contribution in [-0.4, -0.2) is 49.0 Å². The molecule has 1 amide bonds. The van der Waals surface area contributed by atoms with Crippen LogP contribution >= 0.6 is 0 Å². The van der Waals surface area contributed by atoms with E-state index in [1.165, 1.54) is 12.5 Å².